The van der Waals surface area contributed by atoms with E-state index in [1.807, 2.05) is 0 Å². The molecule has 1 aromatic carbocycles. The quantitative estimate of drug-likeness (QED) is 0.815. The summed E-state index contributed by atoms with van der Waals surface area (Å²) in [6.07, 6.45) is 4.08. The molecule has 1 aliphatic carbocycles. The molecule has 3 rings (SSSR count). The van der Waals surface area contributed by atoms with Gasteiger partial charge < -0.3 is 5.32 Å². The lowest BCUT2D eigenvalue weighted by atomic mass is 10.1. The molecule has 1 aliphatic heterocycles. The number of hydrogen-bond donors (Lipinski definition) is 1. The molecule has 1 fully saturated rings. The Labute approximate surface area is 97.6 Å². The van der Waals surface area contributed by atoms with E-state index in [0.717, 1.165) is 19.1 Å². The number of likely N-dealkylation sites (N-methyl/N-ethyl adjacent to an activating group) is 1. The minimum atomic E-state index is 0.703. The predicted molar refractivity (Wildman–Crippen MR) is 66.2 cm³/mol. The standard InChI is InChI=1S/C14H20N2/c1-15-13-7-4-8-14(13)16-9-11-5-2-3-6-12(11)10-16/h2-3,5-6,13-15H,4,7-10H2,1H3. The van der Waals surface area contributed by atoms with Crippen molar-refractivity contribution < 1.29 is 0 Å². The highest BCUT2D eigenvalue weighted by Gasteiger charge is 2.33. The van der Waals surface area contributed by atoms with E-state index in [-0.39, 0.29) is 0 Å². The first-order chi connectivity index (χ1) is 7.88. The first-order valence-corrected chi connectivity index (χ1v) is 6.36. The SMILES string of the molecule is CNC1CCCC1N1Cc2ccccc2C1. The molecular formula is C14H20N2. The molecule has 1 N–H and O–H groups in total. The third kappa shape index (κ3) is 1.66. The van der Waals surface area contributed by atoms with Crippen LogP contribution in [-0.2, 0) is 13.1 Å². The Hall–Kier alpha value is -0.860. The minimum Gasteiger partial charge on any atom is -0.315 e. The van der Waals surface area contributed by atoms with Crippen molar-refractivity contribution in [3.8, 4) is 0 Å². The zero-order valence-electron chi connectivity index (χ0n) is 9.95. The van der Waals surface area contributed by atoms with Gasteiger partial charge in [-0.3, -0.25) is 4.90 Å². The van der Waals surface area contributed by atoms with Gasteiger partial charge in [0.05, 0.1) is 0 Å². The zero-order valence-corrected chi connectivity index (χ0v) is 9.95. The summed E-state index contributed by atoms with van der Waals surface area (Å²) in [7, 11) is 2.10. The molecule has 86 valence electrons. The first-order valence-electron chi connectivity index (χ1n) is 6.36. The molecule has 0 radical (unpaired) electrons. The topological polar surface area (TPSA) is 15.3 Å². The molecule has 16 heavy (non-hydrogen) atoms. The van der Waals surface area contributed by atoms with Gasteiger partial charge in [-0.25, -0.2) is 0 Å². The summed E-state index contributed by atoms with van der Waals surface area (Å²) in [6, 6.07) is 10.3. The number of nitrogens with zero attached hydrogens (tertiary/aromatic N) is 1. The summed E-state index contributed by atoms with van der Waals surface area (Å²) in [5.41, 5.74) is 3.06. The van der Waals surface area contributed by atoms with Gasteiger partial charge in [-0.15, -0.1) is 0 Å². The van der Waals surface area contributed by atoms with Crippen molar-refractivity contribution in [3.05, 3.63) is 35.4 Å². The van der Waals surface area contributed by atoms with Crippen LogP contribution in [0.5, 0.6) is 0 Å². The normalized spacial score (nSPS) is 29.6. The largest absolute Gasteiger partial charge is 0.315 e. The molecule has 1 aromatic rings. The second kappa shape index (κ2) is 4.19. The molecule has 2 nitrogen and oxygen atoms in total. The first kappa shape index (κ1) is 10.3. The smallest absolute Gasteiger partial charge is 0.0256 e. The summed E-state index contributed by atoms with van der Waals surface area (Å²) < 4.78 is 0. The maximum atomic E-state index is 3.48. The van der Waals surface area contributed by atoms with Crippen molar-refractivity contribution in [1.82, 2.24) is 10.2 Å². The molecular weight excluding hydrogens is 196 g/mol. The summed E-state index contributed by atoms with van der Waals surface area (Å²) in [4.78, 5) is 2.65. The Kier molecular flexibility index (Phi) is 2.70. The fourth-order valence-electron chi connectivity index (χ4n) is 3.31. The Morgan fingerprint density at radius 2 is 1.81 bits per heavy atom. The lowest BCUT2D eigenvalue weighted by molar-refractivity contribution is 0.177. The van der Waals surface area contributed by atoms with Gasteiger partial charge in [-0.05, 0) is 31.0 Å². The van der Waals surface area contributed by atoms with Crippen LogP contribution < -0.4 is 5.32 Å². The average Bonchev–Trinajstić information content (AvgIpc) is 2.94. The van der Waals surface area contributed by atoms with Crippen LogP contribution in [0, 0.1) is 0 Å². The Morgan fingerprint density at radius 1 is 1.12 bits per heavy atom. The van der Waals surface area contributed by atoms with Crippen LogP contribution in [0.3, 0.4) is 0 Å². The molecule has 0 aromatic heterocycles. The van der Waals surface area contributed by atoms with Gasteiger partial charge in [0.2, 0.25) is 0 Å². The highest BCUT2D eigenvalue weighted by molar-refractivity contribution is 5.30. The monoisotopic (exact) mass is 216 g/mol. The molecule has 1 saturated carbocycles. The minimum absolute atomic E-state index is 0.703. The molecule has 1 heterocycles. The van der Waals surface area contributed by atoms with Crippen LogP contribution in [0.4, 0.5) is 0 Å². The maximum Gasteiger partial charge on any atom is 0.0256 e. The highest BCUT2D eigenvalue weighted by Crippen LogP contribution is 2.31. The summed E-state index contributed by atoms with van der Waals surface area (Å²) in [5, 5.41) is 3.48. The van der Waals surface area contributed by atoms with Crippen molar-refractivity contribution in [1.29, 1.82) is 0 Å². The van der Waals surface area contributed by atoms with Gasteiger partial charge in [0.1, 0.15) is 0 Å². The van der Waals surface area contributed by atoms with Gasteiger partial charge in [-0.2, -0.15) is 0 Å². The molecule has 2 unspecified atom stereocenters. The maximum absolute atomic E-state index is 3.48. The summed E-state index contributed by atoms with van der Waals surface area (Å²) >= 11 is 0. The fraction of sp³-hybridized carbons (Fsp3) is 0.571. The molecule has 2 heteroatoms. The number of rotatable bonds is 2. The highest BCUT2D eigenvalue weighted by atomic mass is 15.2. The number of benzene rings is 1. The second-order valence-electron chi connectivity index (χ2n) is 5.07. The van der Waals surface area contributed by atoms with E-state index in [1.54, 1.807) is 0 Å². The van der Waals surface area contributed by atoms with E-state index in [4.69, 9.17) is 0 Å². The zero-order chi connectivity index (χ0) is 11.0. The molecule has 0 amide bonds. The van der Waals surface area contributed by atoms with Crippen LogP contribution in [-0.4, -0.2) is 24.0 Å². The Bertz CT molecular complexity index is 350. The summed E-state index contributed by atoms with van der Waals surface area (Å²) in [6.45, 7) is 2.30. The van der Waals surface area contributed by atoms with Crippen molar-refractivity contribution in [2.24, 2.45) is 0 Å². The van der Waals surface area contributed by atoms with Crippen molar-refractivity contribution in [2.75, 3.05) is 7.05 Å². The second-order valence-corrected chi connectivity index (χ2v) is 5.07. The average molecular weight is 216 g/mol. The fourth-order valence-corrected chi connectivity index (χ4v) is 3.31. The molecule has 0 spiro atoms. The third-order valence-corrected chi connectivity index (χ3v) is 4.18. The van der Waals surface area contributed by atoms with E-state index in [2.05, 4.69) is 41.5 Å². The van der Waals surface area contributed by atoms with E-state index < -0.39 is 0 Å². The van der Waals surface area contributed by atoms with Gasteiger partial charge in [0, 0.05) is 25.2 Å². The lowest BCUT2D eigenvalue weighted by Crippen LogP contribution is -2.43. The Balaban J connectivity index is 1.76. The summed E-state index contributed by atoms with van der Waals surface area (Å²) in [5.74, 6) is 0. The van der Waals surface area contributed by atoms with Crippen molar-refractivity contribution >= 4 is 0 Å². The molecule has 2 atom stereocenters. The Morgan fingerprint density at radius 3 is 2.44 bits per heavy atom. The molecule has 0 saturated heterocycles. The third-order valence-electron chi connectivity index (χ3n) is 4.18. The number of nitrogens with one attached hydrogen (secondary N) is 1. The number of fused-ring (bicyclic) bond motifs is 1. The molecule has 0 bridgehead atoms. The van der Waals surface area contributed by atoms with E-state index in [0.29, 0.717) is 6.04 Å². The van der Waals surface area contributed by atoms with Crippen molar-refractivity contribution in [2.45, 2.75) is 44.4 Å². The van der Waals surface area contributed by atoms with E-state index in [9.17, 15) is 0 Å². The van der Waals surface area contributed by atoms with Crippen LogP contribution in [0.2, 0.25) is 0 Å². The predicted octanol–water partition coefficient (Wildman–Crippen LogP) is 2.14. The van der Waals surface area contributed by atoms with Crippen LogP contribution in [0.1, 0.15) is 30.4 Å². The van der Waals surface area contributed by atoms with Crippen LogP contribution in [0.25, 0.3) is 0 Å². The van der Waals surface area contributed by atoms with Crippen molar-refractivity contribution in [3.63, 3.8) is 0 Å². The van der Waals surface area contributed by atoms with Gasteiger partial charge in [0.25, 0.3) is 0 Å². The van der Waals surface area contributed by atoms with Crippen LogP contribution in [0.15, 0.2) is 24.3 Å². The van der Waals surface area contributed by atoms with Crippen LogP contribution >= 0.6 is 0 Å². The van der Waals surface area contributed by atoms with E-state index in [1.165, 1.54) is 30.4 Å². The molecule has 2 aliphatic rings. The van der Waals surface area contributed by atoms with Gasteiger partial charge in [0.15, 0.2) is 0 Å². The van der Waals surface area contributed by atoms with E-state index >= 15 is 0 Å². The van der Waals surface area contributed by atoms with Gasteiger partial charge >= 0.3 is 0 Å². The van der Waals surface area contributed by atoms with Gasteiger partial charge in [-0.1, -0.05) is 30.7 Å². The lowest BCUT2D eigenvalue weighted by Gasteiger charge is -2.28. The number of hydrogen-bond acceptors (Lipinski definition) is 2.